The van der Waals surface area contributed by atoms with E-state index in [1.165, 1.54) is 17.8 Å². The van der Waals surface area contributed by atoms with Crippen LogP contribution < -0.4 is 0 Å². The van der Waals surface area contributed by atoms with E-state index in [2.05, 4.69) is 16.0 Å². The van der Waals surface area contributed by atoms with Crippen molar-refractivity contribution in [2.75, 3.05) is 26.3 Å². The number of ether oxygens (including phenoxy) is 1. The van der Waals surface area contributed by atoms with Gasteiger partial charge in [-0.05, 0) is 29.8 Å². The molecule has 2 aromatic heterocycles. The Bertz CT molecular complexity index is 897. The third kappa shape index (κ3) is 3.32. The van der Waals surface area contributed by atoms with Crippen LogP contribution in [0, 0.1) is 0 Å². The smallest absolute Gasteiger partial charge is 0.379 e. The standard InChI is InChI=1S/C19H18F3N3O/c20-19(21,22)18-5-4-15(12-23-18)25-7-6-16-14(2-1-3-17(16)25)13-24-8-10-26-11-9-24/h1-7,12H,8-11,13H2. The van der Waals surface area contributed by atoms with E-state index < -0.39 is 11.9 Å². The molecule has 136 valence electrons. The van der Waals surface area contributed by atoms with Crippen molar-refractivity contribution in [3.05, 3.63) is 60.0 Å². The molecule has 0 N–H and O–H groups in total. The number of hydrogen-bond donors (Lipinski definition) is 0. The average molecular weight is 361 g/mol. The highest BCUT2D eigenvalue weighted by Gasteiger charge is 2.32. The van der Waals surface area contributed by atoms with Gasteiger partial charge in [-0.25, -0.2) is 4.98 Å². The lowest BCUT2D eigenvalue weighted by Crippen LogP contribution is -2.35. The van der Waals surface area contributed by atoms with Crippen molar-refractivity contribution in [2.45, 2.75) is 12.7 Å². The van der Waals surface area contributed by atoms with Gasteiger partial charge in [0, 0.05) is 31.2 Å². The normalized spacial score (nSPS) is 16.3. The number of fused-ring (bicyclic) bond motifs is 1. The Hall–Kier alpha value is -2.38. The van der Waals surface area contributed by atoms with E-state index in [0.29, 0.717) is 5.69 Å². The van der Waals surface area contributed by atoms with Gasteiger partial charge in [0.2, 0.25) is 0 Å². The van der Waals surface area contributed by atoms with Gasteiger partial charge in [0.25, 0.3) is 0 Å². The minimum Gasteiger partial charge on any atom is -0.379 e. The molecule has 1 aromatic carbocycles. The Kier molecular flexibility index (Phi) is 4.42. The molecule has 26 heavy (non-hydrogen) atoms. The van der Waals surface area contributed by atoms with Crippen LogP contribution in [0.4, 0.5) is 13.2 Å². The quantitative estimate of drug-likeness (QED) is 0.709. The molecular formula is C19H18F3N3O. The Morgan fingerprint density at radius 3 is 2.54 bits per heavy atom. The van der Waals surface area contributed by atoms with Gasteiger partial charge in [-0.3, -0.25) is 4.90 Å². The van der Waals surface area contributed by atoms with Crippen LogP contribution in [0.25, 0.3) is 16.6 Å². The monoisotopic (exact) mass is 361 g/mol. The first-order valence-corrected chi connectivity index (χ1v) is 8.45. The Labute approximate surface area is 148 Å². The van der Waals surface area contributed by atoms with Gasteiger partial charge in [-0.1, -0.05) is 12.1 Å². The summed E-state index contributed by atoms with van der Waals surface area (Å²) in [5.41, 5.74) is 1.88. The number of benzene rings is 1. The van der Waals surface area contributed by atoms with Crippen LogP contribution in [0.2, 0.25) is 0 Å². The van der Waals surface area contributed by atoms with Crippen LogP contribution in [0.5, 0.6) is 0 Å². The second-order valence-electron chi connectivity index (χ2n) is 6.32. The second kappa shape index (κ2) is 6.74. The van der Waals surface area contributed by atoms with Gasteiger partial charge in [-0.2, -0.15) is 13.2 Å². The summed E-state index contributed by atoms with van der Waals surface area (Å²) < 4.78 is 45.4. The predicted molar refractivity (Wildman–Crippen MR) is 92.2 cm³/mol. The highest BCUT2D eigenvalue weighted by molar-refractivity contribution is 5.85. The van der Waals surface area contributed by atoms with Crippen LogP contribution in [0.15, 0.2) is 48.8 Å². The third-order valence-electron chi connectivity index (χ3n) is 4.64. The highest BCUT2D eigenvalue weighted by atomic mass is 19.4. The van der Waals surface area contributed by atoms with Crippen molar-refractivity contribution in [3.8, 4) is 5.69 Å². The van der Waals surface area contributed by atoms with Crippen LogP contribution in [-0.4, -0.2) is 40.8 Å². The van der Waals surface area contributed by atoms with E-state index in [0.717, 1.165) is 49.8 Å². The Morgan fingerprint density at radius 1 is 1.04 bits per heavy atom. The zero-order valence-electron chi connectivity index (χ0n) is 14.0. The molecule has 7 heteroatoms. The zero-order chi connectivity index (χ0) is 18.1. The lowest BCUT2D eigenvalue weighted by molar-refractivity contribution is -0.141. The molecule has 0 radical (unpaired) electrons. The molecule has 3 aromatic rings. The predicted octanol–water partition coefficient (Wildman–Crippen LogP) is 3.88. The topological polar surface area (TPSA) is 30.3 Å². The first kappa shape index (κ1) is 17.1. The molecule has 0 bridgehead atoms. The lowest BCUT2D eigenvalue weighted by Gasteiger charge is -2.26. The Morgan fingerprint density at radius 2 is 1.85 bits per heavy atom. The number of rotatable bonds is 3. The summed E-state index contributed by atoms with van der Waals surface area (Å²) in [6, 6.07) is 10.5. The Balaban J connectivity index is 1.66. The third-order valence-corrected chi connectivity index (χ3v) is 4.64. The largest absolute Gasteiger partial charge is 0.433 e. The van der Waals surface area contributed by atoms with Crippen molar-refractivity contribution in [2.24, 2.45) is 0 Å². The maximum atomic E-state index is 12.7. The summed E-state index contributed by atoms with van der Waals surface area (Å²) in [4.78, 5) is 5.90. The summed E-state index contributed by atoms with van der Waals surface area (Å²) in [5.74, 6) is 0. The van der Waals surface area contributed by atoms with Crippen molar-refractivity contribution in [1.82, 2.24) is 14.5 Å². The summed E-state index contributed by atoms with van der Waals surface area (Å²) in [6.07, 6.45) is -1.29. The minimum absolute atomic E-state index is 0.608. The molecule has 0 spiro atoms. The van der Waals surface area contributed by atoms with E-state index in [9.17, 15) is 13.2 Å². The van der Waals surface area contributed by atoms with Gasteiger partial charge in [0.15, 0.2) is 0 Å². The van der Waals surface area contributed by atoms with Gasteiger partial charge in [0.05, 0.1) is 30.6 Å². The second-order valence-corrected chi connectivity index (χ2v) is 6.32. The average Bonchev–Trinajstić information content (AvgIpc) is 3.07. The van der Waals surface area contributed by atoms with Gasteiger partial charge >= 0.3 is 6.18 Å². The van der Waals surface area contributed by atoms with Gasteiger partial charge in [0.1, 0.15) is 5.69 Å². The van der Waals surface area contributed by atoms with Crippen molar-refractivity contribution < 1.29 is 17.9 Å². The fraction of sp³-hybridized carbons (Fsp3) is 0.316. The summed E-state index contributed by atoms with van der Waals surface area (Å²) in [7, 11) is 0. The van der Waals surface area contributed by atoms with Crippen LogP contribution in [0.3, 0.4) is 0 Å². The molecule has 0 unspecified atom stereocenters. The number of halogens is 3. The molecule has 1 aliphatic rings. The highest BCUT2D eigenvalue weighted by Crippen LogP contribution is 2.29. The molecule has 3 heterocycles. The summed E-state index contributed by atoms with van der Waals surface area (Å²) >= 11 is 0. The first-order chi connectivity index (χ1) is 12.5. The van der Waals surface area contributed by atoms with E-state index in [1.807, 2.05) is 29.0 Å². The van der Waals surface area contributed by atoms with E-state index >= 15 is 0 Å². The molecule has 4 rings (SSSR count). The van der Waals surface area contributed by atoms with Gasteiger partial charge in [-0.15, -0.1) is 0 Å². The van der Waals surface area contributed by atoms with E-state index in [1.54, 1.807) is 0 Å². The maximum absolute atomic E-state index is 12.7. The summed E-state index contributed by atoms with van der Waals surface area (Å²) in [6.45, 7) is 4.12. The van der Waals surface area contributed by atoms with Crippen LogP contribution in [0.1, 0.15) is 11.3 Å². The molecule has 1 aliphatic heterocycles. The van der Waals surface area contributed by atoms with Crippen molar-refractivity contribution in [1.29, 1.82) is 0 Å². The molecule has 0 aliphatic carbocycles. The van der Waals surface area contributed by atoms with Crippen molar-refractivity contribution >= 4 is 10.9 Å². The molecule has 0 amide bonds. The van der Waals surface area contributed by atoms with E-state index in [-0.39, 0.29) is 0 Å². The number of morpholine rings is 1. The molecule has 1 fully saturated rings. The summed E-state index contributed by atoms with van der Waals surface area (Å²) in [5, 5.41) is 1.10. The number of aromatic nitrogens is 2. The molecule has 1 saturated heterocycles. The van der Waals surface area contributed by atoms with Crippen LogP contribution in [-0.2, 0) is 17.5 Å². The zero-order valence-corrected chi connectivity index (χ0v) is 14.0. The lowest BCUT2D eigenvalue weighted by atomic mass is 10.1. The maximum Gasteiger partial charge on any atom is 0.433 e. The number of hydrogen-bond acceptors (Lipinski definition) is 3. The SMILES string of the molecule is FC(F)(F)c1ccc(-n2ccc3c(CN4CCOCC4)cccc32)cn1. The number of pyridine rings is 1. The molecule has 4 nitrogen and oxygen atoms in total. The van der Waals surface area contributed by atoms with Crippen molar-refractivity contribution in [3.63, 3.8) is 0 Å². The number of nitrogens with zero attached hydrogens (tertiary/aromatic N) is 3. The van der Waals surface area contributed by atoms with Crippen LogP contribution >= 0.6 is 0 Å². The fourth-order valence-electron chi connectivity index (χ4n) is 3.29. The van der Waals surface area contributed by atoms with Gasteiger partial charge < -0.3 is 9.30 Å². The van der Waals surface area contributed by atoms with E-state index in [4.69, 9.17) is 4.74 Å². The molecular weight excluding hydrogens is 343 g/mol. The minimum atomic E-state index is -4.43. The molecule has 0 atom stereocenters. The first-order valence-electron chi connectivity index (χ1n) is 8.45. The number of alkyl halides is 3. The fourth-order valence-corrected chi connectivity index (χ4v) is 3.29. The molecule has 0 saturated carbocycles.